The maximum absolute atomic E-state index is 14.8. The summed E-state index contributed by atoms with van der Waals surface area (Å²) in [5.74, 6) is 0.285. The van der Waals surface area contributed by atoms with E-state index in [2.05, 4.69) is 27.5 Å². The summed E-state index contributed by atoms with van der Waals surface area (Å²) in [6.45, 7) is 8.55. The minimum absolute atomic E-state index is 0.135. The van der Waals surface area contributed by atoms with E-state index < -0.39 is 12.7 Å². The molecule has 0 spiro atoms. The summed E-state index contributed by atoms with van der Waals surface area (Å²) < 4.78 is 20.9. The molecule has 34 heavy (non-hydrogen) atoms. The van der Waals surface area contributed by atoms with Gasteiger partial charge in [0.1, 0.15) is 10.9 Å². The lowest BCUT2D eigenvalue weighted by Crippen LogP contribution is -2.49. The minimum atomic E-state index is -3.36. The molecule has 0 amide bonds. The molecule has 7 heteroatoms. The standard InChI is InChI=1S/C27H36N3O3P/c1-5-29-34(32,33-6-2)27(22-15-19(3)26(31)20(4)16-22)14-10-9-13-25(27)30-23-17-21-11-7-8-12-24(21)28-18-23/h7-8,11-12,15-18,25,30-31H,5-6,9-10,13-14H2,1-4H3,(H,29,32). The van der Waals surface area contributed by atoms with Crippen LogP contribution < -0.4 is 10.4 Å². The SMILES string of the molecule is CCNP(=O)(OCC)C1(c2cc(C)c(O)c(C)c2)CCCCC1Nc1cnc2ccccc2c1. The molecule has 1 saturated carbocycles. The Labute approximate surface area is 202 Å². The van der Waals surface area contributed by atoms with E-state index in [4.69, 9.17) is 4.52 Å². The molecule has 0 radical (unpaired) electrons. The van der Waals surface area contributed by atoms with Gasteiger partial charge < -0.3 is 14.9 Å². The predicted octanol–water partition coefficient (Wildman–Crippen LogP) is 6.65. The summed E-state index contributed by atoms with van der Waals surface area (Å²) in [5, 5.41) is 17.8. The largest absolute Gasteiger partial charge is 0.507 e. The van der Waals surface area contributed by atoms with Gasteiger partial charge in [-0.1, -0.05) is 50.1 Å². The Kier molecular flexibility index (Phi) is 7.32. The first-order valence-corrected chi connectivity index (χ1v) is 13.9. The Bertz CT molecular complexity index is 1180. The van der Waals surface area contributed by atoms with Crippen LogP contribution in [0.25, 0.3) is 10.9 Å². The summed E-state index contributed by atoms with van der Waals surface area (Å²) in [6.07, 6.45) is 5.42. The Hall–Kier alpha value is -2.40. The van der Waals surface area contributed by atoms with E-state index >= 15 is 0 Å². The van der Waals surface area contributed by atoms with Gasteiger partial charge in [-0.3, -0.25) is 9.55 Å². The lowest BCUT2D eigenvalue weighted by molar-refractivity contribution is 0.259. The van der Waals surface area contributed by atoms with Crippen molar-refractivity contribution in [2.45, 2.75) is 64.6 Å². The van der Waals surface area contributed by atoms with Crippen LogP contribution in [0.5, 0.6) is 5.75 Å². The molecule has 1 aliphatic carbocycles. The second kappa shape index (κ2) is 10.1. The zero-order valence-corrected chi connectivity index (χ0v) is 21.5. The molecule has 0 saturated heterocycles. The fourth-order valence-corrected chi connectivity index (χ4v) is 8.37. The van der Waals surface area contributed by atoms with Crippen LogP contribution in [-0.4, -0.2) is 29.3 Å². The normalized spacial score (nSPS) is 22.4. The number of pyridine rings is 1. The molecule has 1 aliphatic rings. The molecule has 1 fully saturated rings. The fourth-order valence-electron chi connectivity index (χ4n) is 5.46. The highest BCUT2D eigenvalue weighted by atomic mass is 31.2. The van der Waals surface area contributed by atoms with Gasteiger partial charge in [-0.25, -0.2) is 5.09 Å². The van der Waals surface area contributed by atoms with Crippen molar-refractivity contribution in [3.05, 3.63) is 65.4 Å². The molecule has 182 valence electrons. The fraction of sp³-hybridized carbons (Fsp3) is 0.444. The van der Waals surface area contributed by atoms with Crippen LogP contribution in [0.1, 0.15) is 56.2 Å². The van der Waals surface area contributed by atoms with Crippen molar-refractivity contribution in [1.29, 1.82) is 0 Å². The van der Waals surface area contributed by atoms with Gasteiger partial charge in [-0.05, 0) is 62.4 Å². The van der Waals surface area contributed by atoms with E-state index in [-0.39, 0.29) is 11.8 Å². The second-order valence-corrected chi connectivity index (χ2v) is 11.7. The third-order valence-corrected chi connectivity index (χ3v) is 10.2. The number of aryl methyl sites for hydroxylation is 2. The number of hydrogen-bond acceptors (Lipinski definition) is 5. The van der Waals surface area contributed by atoms with Gasteiger partial charge in [-0.2, -0.15) is 0 Å². The second-order valence-electron chi connectivity index (χ2n) is 9.22. The zero-order valence-electron chi connectivity index (χ0n) is 20.6. The number of aromatic nitrogens is 1. The number of benzene rings is 2. The number of fused-ring (bicyclic) bond motifs is 1. The van der Waals surface area contributed by atoms with Crippen molar-refractivity contribution in [3.63, 3.8) is 0 Å². The maximum atomic E-state index is 14.8. The van der Waals surface area contributed by atoms with Gasteiger partial charge in [-0.15, -0.1) is 0 Å². The molecule has 1 heterocycles. The van der Waals surface area contributed by atoms with Crippen LogP contribution in [0, 0.1) is 13.8 Å². The van der Waals surface area contributed by atoms with Gasteiger partial charge in [0.25, 0.3) is 7.52 Å². The van der Waals surface area contributed by atoms with Crippen molar-refractivity contribution < 1.29 is 14.2 Å². The number of nitrogens with zero attached hydrogens (tertiary/aromatic N) is 1. The average Bonchev–Trinajstić information content (AvgIpc) is 2.83. The Morgan fingerprint density at radius 1 is 1.15 bits per heavy atom. The summed E-state index contributed by atoms with van der Waals surface area (Å²) in [7, 11) is -3.36. The quantitative estimate of drug-likeness (QED) is 0.313. The molecular formula is C27H36N3O3P. The lowest BCUT2D eigenvalue weighted by Gasteiger charge is -2.49. The monoisotopic (exact) mass is 481 g/mol. The first-order valence-electron chi connectivity index (χ1n) is 12.3. The summed E-state index contributed by atoms with van der Waals surface area (Å²) in [5.41, 5.74) is 4.36. The van der Waals surface area contributed by atoms with E-state index in [1.807, 2.05) is 64.2 Å². The molecule has 4 rings (SSSR count). The number of para-hydroxylation sites is 1. The van der Waals surface area contributed by atoms with Crippen molar-refractivity contribution >= 4 is 24.1 Å². The van der Waals surface area contributed by atoms with E-state index in [1.165, 1.54) is 0 Å². The summed E-state index contributed by atoms with van der Waals surface area (Å²) >= 11 is 0. The van der Waals surface area contributed by atoms with Gasteiger partial charge in [0.2, 0.25) is 0 Å². The highest BCUT2D eigenvalue weighted by molar-refractivity contribution is 7.58. The molecule has 3 unspecified atom stereocenters. The van der Waals surface area contributed by atoms with Crippen molar-refractivity contribution in [2.24, 2.45) is 0 Å². The minimum Gasteiger partial charge on any atom is -0.507 e. The van der Waals surface area contributed by atoms with Crippen molar-refractivity contribution in [3.8, 4) is 5.75 Å². The van der Waals surface area contributed by atoms with Crippen LogP contribution in [0.15, 0.2) is 48.7 Å². The summed E-state index contributed by atoms with van der Waals surface area (Å²) in [4.78, 5) is 4.63. The number of phenols is 1. The Morgan fingerprint density at radius 2 is 1.88 bits per heavy atom. The number of aromatic hydroxyl groups is 1. The van der Waals surface area contributed by atoms with Crippen LogP contribution >= 0.6 is 7.52 Å². The molecular weight excluding hydrogens is 445 g/mol. The van der Waals surface area contributed by atoms with Crippen molar-refractivity contribution in [1.82, 2.24) is 10.1 Å². The van der Waals surface area contributed by atoms with Crippen LogP contribution in [-0.2, 0) is 14.2 Å². The van der Waals surface area contributed by atoms with Gasteiger partial charge in [0.15, 0.2) is 0 Å². The molecule has 2 aromatic carbocycles. The molecule has 6 nitrogen and oxygen atoms in total. The first-order chi connectivity index (χ1) is 16.3. The smallest absolute Gasteiger partial charge is 0.282 e. The molecule has 0 bridgehead atoms. The predicted molar refractivity (Wildman–Crippen MR) is 140 cm³/mol. The topological polar surface area (TPSA) is 83.5 Å². The molecule has 3 N–H and O–H groups in total. The number of nitrogens with one attached hydrogen (secondary N) is 2. The van der Waals surface area contributed by atoms with Gasteiger partial charge >= 0.3 is 0 Å². The van der Waals surface area contributed by atoms with E-state index in [0.29, 0.717) is 13.2 Å². The highest BCUT2D eigenvalue weighted by Gasteiger charge is 2.56. The highest BCUT2D eigenvalue weighted by Crippen LogP contribution is 2.67. The number of anilines is 1. The molecule has 1 aromatic heterocycles. The lowest BCUT2D eigenvalue weighted by atomic mass is 9.77. The third kappa shape index (κ3) is 4.35. The van der Waals surface area contributed by atoms with E-state index in [1.54, 1.807) is 0 Å². The van der Waals surface area contributed by atoms with Crippen LogP contribution in [0.3, 0.4) is 0 Å². The molecule has 3 aromatic rings. The first kappa shape index (κ1) is 24.7. The number of rotatable bonds is 8. The third-order valence-electron chi connectivity index (χ3n) is 7.00. The van der Waals surface area contributed by atoms with Crippen LogP contribution in [0.2, 0.25) is 0 Å². The average molecular weight is 482 g/mol. The number of phenolic OH excluding ortho intramolecular Hbond substituents is 1. The van der Waals surface area contributed by atoms with Gasteiger partial charge in [0, 0.05) is 18.0 Å². The number of hydrogen-bond donors (Lipinski definition) is 3. The molecule has 0 aliphatic heterocycles. The van der Waals surface area contributed by atoms with Gasteiger partial charge in [0.05, 0.1) is 24.0 Å². The van der Waals surface area contributed by atoms with E-state index in [0.717, 1.165) is 59.0 Å². The summed E-state index contributed by atoms with van der Waals surface area (Å²) in [6, 6.07) is 14.0. The van der Waals surface area contributed by atoms with E-state index in [9.17, 15) is 9.67 Å². The zero-order chi connectivity index (χ0) is 24.3. The maximum Gasteiger partial charge on any atom is 0.282 e. The van der Waals surface area contributed by atoms with Crippen LogP contribution in [0.4, 0.5) is 5.69 Å². The molecule has 3 atom stereocenters. The Balaban J connectivity index is 1.88. The Morgan fingerprint density at radius 3 is 2.59 bits per heavy atom. The van der Waals surface area contributed by atoms with Crippen molar-refractivity contribution in [2.75, 3.05) is 18.5 Å².